The molecule has 0 bridgehead atoms. The van der Waals surface area contributed by atoms with Crippen LogP contribution in [0.1, 0.15) is 43.0 Å². The van der Waals surface area contributed by atoms with Crippen molar-refractivity contribution in [2.24, 2.45) is 0 Å². The molecule has 0 spiro atoms. The van der Waals surface area contributed by atoms with Gasteiger partial charge in [-0.15, -0.1) is 6.92 Å². The average Bonchev–Trinajstić information content (AvgIpc) is 2.73. The fourth-order valence-electron chi connectivity index (χ4n) is 4.27. The number of aryl methyl sites for hydroxylation is 4. The molecule has 0 saturated heterocycles. The van der Waals surface area contributed by atoms with Crippen molar-refractivity contribution in [2.75, 3.05) is 0 Å². The third-order valence-corrected chi connectivity index (χ3v) is 8.97. The van der Waals surface area contributed by atoms with Gasteiger partial charge in [-0.05, 0) is 27.7 Å². The van der Waals surface area contributed by atoms with E-state index in [2.05, 4.69) is 90.9 Å². The predicted molar refractivity (Wildman–Crippen MR) is 113 cm³/mol. The van der Waals surface area contributed by atoms with E-state index in [1.807, 2.05) is 0 Å². The maximum absolute atomic E-state index is 3.83. The molecule has 2 aromatic rings. The Hall–Kier alpha value is -0.279. The van der Waals surface area contributed by atoms with Gasteiger partial charge in [0.1, 0.15) is 0 Å². The Morgan fingerprint density at radius 3 is 1.24 bits per heavy atom. The molecule has 0 radical (unpaired) electrons. The van der Waals surface area contributed by atoms with E-state index < -0.39 is 8.80 Å². The molecule has 29 heavy (non-hydrogen) atoms. The summed E-state index contributed by atoms with van der Waals surface area (Å²) in [6, 6.07) is 14.2. The van der Waals surface area contributed by atoms with Gasteiger partial charge >= 0.3 is 21.7 Å². The predicted octanol–water partition coefficient (Wildman–Crippen LogP) is -4.26. The number of hydrogen-bond donors (Lipinski definition) is 0. The van der Waals surface area contributed by atoms with Gasteiger partial charge in [0.05, 0.1) is 8.80 Å². The Morgan fingerprint density at radius 1 is 0.621 bits per heavy atom. The number of allylic oxidation sites excluding steroid dienone is 4. The van der Waals surface area contributed by atoms with Crippen LogP contribution in [0.4, 0.5) is 0 Å². The summed E-state index contributed by atoms with van der Waals surface area (Å²) in [6.07, 6.45) is 3.83. The van der Waals surface area contributed by atoms with Gasteiger partial charge in [-0.25, -0.2) is 5.57 Å². The quantitative estimate of drug-likeness (QED) is 0.297. The van der Waals surface area contributed by atoms with Crippen molar-refractivity contribution in [2.45, 2.75) is 54.0 Å². The Labute approximate surface area is 212 Å². The minimum atomic E-state index is -1.44. The molecule has 0 fully saturated rings. The number of hydrogen-bond acceptors (Lipinski definition) is 0. The molecule has 0 N–H and O–H groups in total. The zero-order chi connectivity index (χ0) is 18.3. The van der Waals surface area contributed by atoms with Crippen LogP contribution in [0, 0.1) is 33.8 Å². The van der Waals surface area contributed by atoms with Crippen molar-refractivity contribution in [1.82, 2.24) is 0 Å². The van der Waals surface area contributed by atoms with E-state index in [4.69, 9.17) is 0 Å². The van der Waals surface area contributed by atoms with Crippen molar-refractivity contribution in [3.8, 4) is 0 Å². The second-order valence-electron chi connectivity index (χ2n) is 7.87. The molecule has 1 atom stereocenters. The van der Waals surface area contributed by atoms with E-state index in [0.717, 1.165) is 0 Å². The number of benzene rings is 2. The normalized spacial score (nSPS) is 15.0. The Morgan fingerprint density at radius 2 is 0.966 bits per heavy atom. The van der Waals surface area contributed by atoms with Gasteiger partial charge in [0.25, 0.3) is 0 Å². The molecule has 0 amide bonds. The average molecular weight is 500 g/mol. The fourth-order valence-corrected chi connectivity index (χ4v) is 8.36. The van der Waals surface area contributed by atoms with E-state index in [0.29, 0.717) is 5.54 Å². The first kappa shape index (κ1) is 30.9. The van der Waals surface area contributed by atoms with Crippen LogP contribution in [0.25, 0.3) is 0 Å². The molecule has 3 rings (SSSR count). The Bertz CT molecular complexity index is 811. The maximum atomic E-state index is 3.83. The smallest absolute Gasteiger partial charge is 1.00 e. The molecule has 0 aromatic heterocycles. The standard InChI is InChI=1S/C24H29Si.3ClH.Ti/c1-15-8-16(2)11-22(10-15)25(23-12-17(3)9-18(4)13-23)24-14-19(5)20(6)21(24)7;;;;/h8-13,24-25H,1-7H3;3*1H;/q-1;;;;+4/p-3. The van der Waals surface area contributed by atoms with Crippen LogP contribution >= 0.6 is 0 Å². The van der Waals surface area contributed by atoms with Crippen molar-refractivity contribution in [3.63, 3.8) is 0 Å². The van der Waals surface area contributed by atoms with Crippen LogP contribution in [0.5, 0.6) is 0 Å². The molecule has 1 aliphatic carbocycles. The van der Waals surface area contributed by atoms with Crippen molar-refractivity contribution in [3.05, 3.63) is 81.4 Å². The molecule has 154 valence electrons. The Balaban J connectivity index is 0. The van der Waals surface area contributed by atoms with Crippen molar-refractivity contribution >= 4 is 19.2 Å². The van der Waals surface area contributed by atoms with Gasteiger partial charge < -0.3 is 37.2 Å². The van der Waals surface area contributed by atoms with E-state index in [-0.39, 0.29) is 58.9 Å². The van der Waals surface area contributed by atoms with Crippen LogP contribution in [-0.4, -0.2) is 8.80 Å². The van der Waals surface area contributed by atoms with Crippen LogP contribution in [0.2, 0.25) is 5.54 Å². The number of rotatable bonds is 3. The molecule has 0 aliphatic heterocycles. The van der Waals surface area contributed by atoms with Gasteiger partial charge in [-0.3, -0.25) is 6.08 Å². The number of halogens is 3. The first-order valence-electron chi connectivity index (χ1n) is 9.20. The summed E-state index contributed by atoms with van der Waals surface area (Å²) in [4.78, 5) is 0. The summed E-state index contributed by atoms with van der Waals surface area (Å²) >= 11 is 0. The third-order valence-electron chi connectivity index (χ3n) is 5.53. The second-order valence-corrected chi connectivity index (χ2v) is 10.8. The SMILES string of the molecule is CC1=[C-]C([SiH](c2cc(C)cc(C)c2)c2cc(C)cc(C)c2)C(C)=C1C.[Cl-].[Cl-].[Cl-].[Ti+4]. The van der Waals surface area contributed by atoms with E-state index in [1.54, 1.807) is 10.4 Å². The van der Waals surface area contributed by atoms with Gasteiger partial charge in [-0.2, -0.15) is 11.1 Å². The van der Waals surface area contributed by atoms with Crippen LogP contribution in [0.3, 0.4) is 0 Å². The van der Waals surface area contributed by atoms with Crippen LogP contribution in [-0.2, 0) is 21.7 Å². The zero-order valence-corrected chi connectivity index (χ0v) is 23.2. The van der Waals surface area contributed by atoms with Gasteiger partial charge in [-0.1, -0.05) is 88.4 Å². The van der Waals surface area contributed by atoms with Crippen LogP contribution < -0.4 is 47.6 Å². The summed E-state index contributed by atoms with van der Waals surface area (Å²) in [5, 5.41) is 3.09. The molecule has 2 aromatic carbocycles. The fraction of sp³-hybridized carbons (Fsp3) is 0.333. The molecule has 1 unspecified atom stereocenters. The summed E-state index contributed by atoms with van der Waals surface area (Å²) in [6.45, 7) is 15.7. The first-order chi connectivity index (χ1) is 11.8. The van der Waals surface area contributed by atoms with Gasteiger partial charge in [0, 0.05) is 0 Å². The van der Waals surface area contributed by atoms with Gasteiger partial charge in [0.2, 0.25) is 0 Å². The monoisotopic (exact) mass is 498 g/mol. The van der Waals surface area contributed by atoms with Crippen molar-refractivity contribution in [1.29, 1.82) is 0 Å². The summed E-state index contributed by atoms with van der Waals surface area (Å²) in [5.74, 6) is 0. The maximum Gasteiger partial charge on any atom is 4.00 e. The summed E-state index contributed by atoms with van der Waals surface area (Å²) in [5.41, 5.74) is 10.2. The molecule has 0 nitrogen and oxygen atoms in total. The summed E-state index contributed by atoms with van der Waals surface area (Å²) in [7, 11) is -1.44. The topological polar surface area (TPSA) is 0 Å². The molecule has 0 saturated carbocycles. The van der Waals surface area contributed by atoms with Crippen LogP contribution in [0.15, 0.2) is 53.1 Å². The van der Waals surface area contributed by atoms with Crippen molar-refractivity contribution < 1.29 is 58.9 Å². The minimum absolute atomic E-state index is 0. The second kappa shape index (κ2) is 12.5. The molecule has 5 heteroatoms. The molecule has 0 heterocycles. The third kappa shape index (κ3) is 6.86. The van der Waals surface area contributed by atoms with Gasteiger partial charge in [0.15, 0.2) is 0 Å². The molecule has 1 aliphatic rings. The molecular formula is C24H29Cl3SiTi. The van der Waals surface area contributed by atoms with E-state index >= 15 is 0 Å². The minimum Gasteiger partial charge on any atom is -1.00 e. The Kier molecular flexibility index (Phi) is 13.4. The summed E-state index contributed by atoms with van der Waals surface area (Å²) < 4.78 is 0. The van der Waals surface area contributed by atoms with E-state index in [1.165, 1.54) is 39.0 Å². The zero-order valence-electron chi connectivity index (χ0n) is 18.3. The first-order valence-corrected chi connectivity index (χ1v) is 11.0. The van der Waals surface area contributed by atoms with E-state index in [9.17, 15) is 0 Å². The largest absolute Gasteiger partial charge is 4.00 e. The molecular weight excluding hydrogens is 471 g/mol.